The van der Waals surface area contributed by atoms with Crippen LogP contribution in [0.25, 0.3) is 11.4 Å². The molecule has 1 N–H and O–H groups in total. The molecular weight excluding hydrogens is 188 g/mol. The van der Waals surface area contributed by atoms with Crippen LogP contribution in [0, 0.1) is 6.92 Å². The van der Waals surface area contributed by atoms with Crippen LogP contribution in [0.2, 0.25) is 0 Å². The summed E-state index contributed by atoms with van der Waals surface area (Å²) in [7, 11) is 0. The van der Waals surface area contributed by atoms with Gasteiger partial charge in [-0.2, -0.15) is 0 Å². The van der Waals surface area contributed by atoms with Crippen molar-refractivity contribution in [1.82, 2.24) is 9.97 Å². The lowest BCUT2D eigenvalue weighted by atomic mass is 10.1. The Labute approximate surface area is 89.1 Å². The Morgan fingerprint density at radius 3 is 2.67 bits per heavy atom. The molecule has 0 saturated carbocycles. The zero-order valence-electron chi connectivity index (χ0n) is 8.95. The highest BCUT2D eigenvalue weighted by molar-refractivity contribution is 5.56. The van der Waals surface area contributed by atoms with Gasteiger partial charge in [-0.1, -0.05) is 29.8 Å². The number of nitrogens with one attached hydrogen (secondary N) is 1. The molecule has 0 saturated heterocycles. The van der Waals surface area contributed by atoms with Gasteiger partial charge in [0.2, 0.25) is 5.88 Å². The Morgan fingerprint density at radius 1 is 1.27 bits per heavy atom. The van der Waals surface area contributed by atoms with Gasteiger partial charge in [-0.15, -0.1) is 0 Å². The van der Waals surface area contributed by atoms with Gasteiger partial charge in [0.15, 0.2) is 0 Å². The van der Waals surface area contributed by atoms with E-state index < -0.39 is 0 Å². The second kappa shape index (κ2) is 4.17. The van der Waals surface area contributed by atoms with Gasteiger partial charge in [0.05, 0.1) is 12.8 Å². The number of aromatic nitrogens is 2. The highest BCUT2D eigenvalue weighted by atomic mass is 16.5. The van der Waals surface area contributed by atoms with E-state index in [1.165, 1.54) is 5.56 Å². The summed E-state index contributed by atoms with van der Waals surface area (Å²) in [5.74, 6) is 1.56. The maximum atomic E-state index is 5.31. The Balaban J connectivity index is 2.25. The number of H-pyrrole nitrogens is 1. The highest BCUT2D eigenvalue weighted by Gasteiger charge is 2.02. The van der Waals surface area contributed by atoms with Gasteiger partial charge in [-0.3, -0.25) is 0 Å². The standard InChI is InChI=1S/C12H14N2O/c1-3-15-11-8-13-12(14-11)10-6-4-9(2)5-7-10/h4-8H,3H2,1-2H3,(H,13,14). The van der Waals surface area contributed by atoms with E-state index in [2.05, 4.69) is 29.0 Å². The summed E-state index contributed by atoms with van der Waals surface area (Å²) in [4.78, 5) is 7.37. The average molecular weight is 202 g/mol. The molecule has 78 valence electrons. The minimum Gasteiger partial charge on any atom is -0.478 e. The van der Waals surface area contributed by atoms with E-state index in [0.717, 1.165) is 11.4 Å². The predicted molar refractivity (Wildman–Crippen MR) is 59.9 cm³/mol. The van der Waals surface area contributed by atoms with Gasteiger partial charge in [0, 0.05) is 5.56 Å². The number of aromatic amines is 1. The maximum Gasteiger partial charge on any atom is 0.211 e. The zero-order valence-corrected chi connectivity index (χ0v) is 8.95. The lowest BCUT2D eigenvalue weighted by Gasteiger charge is -1.98. The molecule has 2 aromatic rings. The molecule has 1 aromatic carbocycles. The van der Waals surface area contributed by atoms with Crippen molar-refractivity contribution < 1.29 is 4.74 Å². The lowest BCUT2D eigenvalue weighted by molar-refractivity contribution is 0.328. The maximum absolute atomic E-state index is 5.31. The second-order valence-electron chi connectivity index (χ2n) is 3.40. The molecule has 0 aliphatic carbocycles. The lowest BCUT2D eigenvalue weighted by Crippen LogP contribution is -1.90. The SMILES string of the molecule is CCOc1cnc(-c2ccc(C)cc2)[nH]1. The summed E-state index contributed by atoms with van der Waals surface area (Å²) < 4.78 is 5.31. The van der Waals surface area contributed by atoms with Gasteiger partial charge in [-0.05, 0) is 13.8 Å². The number of hydrogen-bond acceptors (Lipinski definition) is 2. The molecule has 0 atom stereocenters. The van der Waals surface area contributed by atoms with Gasteiger partial charge < -0.3 is 9.72 Å². The molecule has 1 aromatic heterocycles. The number of hydrogen-bond donors (Lipinski definition) is 1. The number of nitrogens with zero attached hydrogens (tertiary/aromatic N) is 1. The first-order chi connectivity index (χ1) is 7.29. The van der Waals surface area contributed by atoms with Crippen LogP contribution < -0.4 is 4.74 Å². The van der Waals surface area contributed by atoms with E-state index >= 15 is 0 Å². The first-order valence-corrected chi connectivity index (χ1v) is 5.04. The number of benzene rings is 1. The van der Waals surface area contributed by atoms with Crippen molar-refractivity contribution >= 4 is 0 Å². The van der Waals surface area contributed by atoms with E-state index in [9.17, 15) is 0 Å². The fourth-order valence-electron chi connectivity index (χ4n) is 1.39. The Morgan fingerprint density at radius 2 is 2.00 bits per heavy atom. The fraction of sp³-hybridized carbons (Fsp3) is 0.250. The summed E-state index contributed by atoms with van der Waals surface area (Å²) in [5, 5.41) is 0. The van der Waals surface area contributed by atoms with Crippen LogP contribution in [0.1, 0.15) is 12.5 Å². The molecule has 0 aliphatic heterocycles. The molecule has 3 nitrogen and oxygen atoms in total. The Kier molecular flexibility index (Phi) is 2.72. The first-order valence-electron chi connectivity index (χ1n) is 5.04. The van der Waals surface area contributed by atoms with E-state index in [1.807, 2.05) is 19.1 Å². The van der Waals surface area contributed by atoms with Gasteiger partial charge in [-0.25, -0.2) is 4.98 Å². The number of aryl methyl sites for hydroxylation is 1. The van der Waals surface area contributed by atoms with Crippen LogP contribution in [0.15, 0.2) is 30.5 Å². The molecule has 15 heavy (non-hydrogen) atoms. The van der Waals surface area contributed by atoms with Gasteiger partial charge in [0.1, 0.15) is 5.82 Å². The van der Waals surface area contributed by atoms with Crippen molar-refractivity contribution in [3.63, 3.8) is 0 Å². The van der Waals surface area contributed by atoms with Gasteiger partial charge >= 0.3 is 0 Å². The van der Waals surface area contributed by atoms with Crippen LogP contribution in [0.5, 0.6) is 5.88 Å². The third-order valence-electron chi connectivity index (χ3n) is 2.18. The molecule has 0 radical (unpaired) electrons. The number of rotatable bonds is 3. The van der Waals surface area contributed by atoms with Crippen molar-refractivity contribution in [1.29, 1.82) is 0 Å². The molecule has 0 unspecified atom stereocenters. The Hall–Kier alpha value is -1.77. The number of ether oxygens (including phenoxy) is 1. The average Bonchev–Trinajstić information content (AvgIpc) is 2.68. The van der Waals surface area contributed by atoms with Crippen LogP contribution >= 0.6 is 0 Å². The first kappa shape index (κ1) is 9.77. The van der Waals surface area contributed by atoms with Crippen molar-refractivity contribution in [2.24, 2.45) is 0 Å². The smallest absolute Gasteiger partial charge is 0.211 e. The minimum absolute atomic E-state index is 0.648. The summed E-state index contributed by atoms with van der Waals surface area (Å²) in [6.45, 7) is 4.67. The zero-order chi connectivity index (χ0) is 10.7. The molecular formula is C12H14N2O. The van der Waals surface area contributed by atoms with E-state index in [1.54, 1.807) is 6.20 Å². The van der Waals surface area contributed by atoms with E-state index in [-0.39, 0.29) is 0 Å². The fourth-order valence-corrected chi connectivity index (χ4v) is 1.39. The van der Waals surface area contributed by atoms with Crippen molar-refractivity contribution in [2.75, 3.05) is 6.61 Å². The highest BCUT2D eigenvalue weighted by Crippen LogP contribution is 2.18. The van der Waals surface area contributed by atoms with Crippen LogP contribution in [-0.2, 0) is 0 Å². The van der Waals surface area contributed by atoms with Crippen molar-refractivity contribution in [3.05, 3.63) is 36.0 Å². The van der Waals surface area contributed by atoms with Crippen molar-refractivity contribution in [3.8, 4) is 17.3 Å². The molecule has 0 spiro atoms. The summed E-state index contributed by atoms with van der Waals surface area (Å²) in [6.07, 6.45) is 1.71. The molecule has 0 fully saturated rings. The summed E-state index contributed by atoms with van der Waals surface area (Å²) in [6, 6.07) is 8.23. The van der Waals surface area contributed by atoms with Crippen molar-refractivity contribution in [2.45, 2.75) is 13.8 Å². The van der Waals surface area contributed by atoms with Crippen LogP contribution in [0.4, 0.5) is 0 Å². The van der Waals surface area contributed by atoms with E-state index in [4.69, 9.17) is 4.74 Å². The monoisotopic (exact) mass is 202 g/mol. The number of imidazole rings is 1. The third kappa shape index (κ3) is 2.18. The second-order valence-corrected chi connectivity index (χ2v) is 3.40. The Bertz CT molecular complexity index is 431. The van der Waals surface area contributed by atoms with Gasteiger partial charge in [0.25, 0.3) is 0 Å². The molecule has 0 amide bonds. The summed E-state index contributed by atoms with van der Waals surface area (Å²) in [5.41, 5.74) is 2.32. The van der Waals surface area contributed by atoms with E-state index in [0.29, 0.717) is 12.5 Å². The summed E-state index contributed by atoms with van der Waals surface area (Å²) >= 11 is 0. The molecule has 3 heteroatoms. The third-order valence-corrected chi connectivity index (χ3v) is 2.18. The predicted octanol–water partition coefficient (Wildman–Crippen LogP) is 2.78. The topological polar surface area (TPSA) is 37.9 Å². The largest absolute Gasteiger partial charge is 0.478 e. The molecule has 0 aliphatic rings. The normalized spacial score (nSPS) is 10.3. The molecule has 2 rings (SSSR count). The van der Waals surface area contributed by atoms with Crippen LogP contribution in [-0.4, -0.2) is 16.6 Å². The van der Waals surface area contributed by atoms with Crippen LogP contribution in [0.3, 0.4) is 0 Å². The quantitative estimate of drug-likeness (QED) is 0.831. The molecule has 0 bridgehead atoms. The minimum atomic E-state index is 0.648. The molecule has 1 heterocycles.